The van der Waals surface area contributed by atoms with Crippen molar-refractivity contribution in [2.75, 3.05) is 4.90 Å². The van der Waals surface area contributed by atoms with Crippen LogP contribution in [0.4, 0.5) is 17.1 Å². The Balaban J connectivity index is 1.07. The van der Waals surface area contributed by atoms with Crippen molar-refractivity contribution in [2.24, 2.45) is 0 Å². The van der Waals surface area contributed by atoms with Crippen LogP contribution in [0.5, 0.6) is 0 Å². The summed E-state index contributed by atoms with van der Waals surface area (Å²) in [5, 5.41) is 12.4. The molecule has 0 radical (unpaired) electrons. The van der Waals surface area contributed by atoms with Crippen LogP contribution < -0.4 is 4.90 Å². The molecule has 0 N–H and O–H groups in total. The Labute approximate surface area is 367 Å². The predicted molar refractivity (Wildman–Crippen MR) is 270 cm³/mol. The minimum absolute atomic E-state index is 1.10. The standard InChI is InChI=1S/C62H41N/c1-3-18-44(19-4-1)61-58-31-14-12-29-55(58)56-38-35-47(40-59(56)62(61)45-20-5-2-6-21-45)46-24-15-25-50(39-46)63(60-41-48-22-8-10-27-53(48)54-28-11-13-30-57(54)60)49-36-33-43(34-37-49)52-32-16-23-42-17-7-9-26-51(42)52/h1-41H. The maximum absolute atomic E-state index is 2.45. The van der Waals surface area contributed by atoms with Gasteiger partial charge >= 0.3 is 0 Å². The van der Waals surface area contributed by atoms with Crippen LogP contribution in [0, 0.1) is 0 Å². The van der Waals surface area contributed by atoms with E-state index in [2.05, 4.69) is 254 Å². The molecule has 12 rings (SSSR count). The summed E-state index contributed by atoms with van der Waals surface area (Å²) in [4.78, 5) is 2.45. The van der Waals surface area contributed by atoms with Gasteiger partial charge in [0.1, 0.15) is 0 Å². The summed E-state index contributed by atoms with van der Waals surface area (Å²) in [6, 6.07) is 91.1. The van der Waals surface area contributed by atoms with Crippen molar-refractivity contribution in [3.63, 3.8) is 0 Å². The second-order valence-corrected chi connectivity index (χ2v) is 16.4. The Kier molecular flexibility index (Phi) is 8.90. The van der Waals surface area contributed by atoms with E-state index in [1.807, 2.05) is 0 Å². The molecule has 12 aromatic rings. The first-order valence-corrected chi connectivity index (χ1v) is 21.8. The number of hydrogen-bond acceptors (Lipinski definition) is 1. The van der Waals surface area contributed by atoms with Gasteiger partial charge in [0.05, 0.1) is 5.69 Å². The summed E-state index contributed by atoms with van der Waals surface area (Å²) in [6.07, 6.45) is 0. The van der Waals surface area contributed by atoms with Crippen molar-refractivity contribution in [1.29, 1.82) is 0 Å². The van der Waals surface area contributed by atoms with Gasteiger partial charge in [-0.2, -0.15) is 0 Å². The van der Waals surface area contributed by atoms with E-state index in [9.17, 15) is 0 Å². The summed E-state index contributed by atoms with van der Waals surface area (Å²) >= 11 is 0. The summed E-state index contributed by atoms with van der Waals surface area (Å²) in [5.74, 6) is 0. The Bertz CT molecular complexity index is 3660. The Morgan fingerprint density at radius 2 is 0.714 bits per heavy atom. The van der Waals surface area contributed by atoms with Gasteiger partial charge in [0.15, 0.2) is 0 Å². The van der Waals surface area contributed by atoms with Crippen molar-refractivity contribution in [2.45, 2.75) is 0 Å². The molecule has 0 aliphatic heterocycles. The number of hydrogen-bond donors (Lipinski definition) is 0. The molecule has 0 aliphatic carbocycles. The Hall–Kier alpha value is -8.26. The summed E-state index contributed by atoms with van der Waals surface area (Å²) in [7, 11) is 0. The van der Waals surface area contributed by atoms with Crippen molar-refractivity contribution >= 4 is 70.9 Å². The van der Waals surface area contributed by atoms with Crippen LogP contribution in [0.2, 0.25) is 0 Å². The van der Waals surface area contributed by atoms with Crippen LogP contribution in [-0.2, 0) is 0 Å². The highest BCUT2D eigenvalue weighted by molar-refractivity contribution is 6.22. The maximum atomic E-state index is 2.45. The second-order valence-electron chi connectivity index (χ2n) is 16.4. The van der Waals surface area contributed by atoms with Crippen molar-refractivity contribution in [3.8, 4) is 44.5 Å². The highest BCUT2D eigenvalue weighted by Crippen LogP contribution is 2.47. The van der Waals surface area contributed by atoms with Crippen LogP contribution >= 0.6 is 0 Å². The van der Waals surface area contributed by atoms with E-state index in [0.29, 0.717) is 0 Å². The fourth-order valence-corrected chi connectivity index (χ4v) is 9.92. The van der Waals surface area contributed by atoms with Crippen molar-refractivity contribution < 1.29 is 0 Å². The average molecular weight is 800 g/mol. The van der Waals surface area contributed by atoms with Gasteiger partial charge in [-0.3, -0.25) is 0 Å². The second kappa shape index (κ2) is 15.3. The molecule has 0 aliphatic rings. The minimum atomic E-state index is 1.10. The molecule has 0 amide bonds. The van der Waals surface area contributed by atoms with Gasteiger partial charge < -0.3 is 4.90 Å². The third-order valence-corrected chi connectivity index (χ3v) is 12.8. The Morgan fingerprint density at radius 1 is 0.222 bits per heavy atom. The van der Waals surface area contributed by atoms with E-state index in [4.69, 9.17) is 0 Å². The number of benzene rings is 12. The molecule has 0 saturated carbocycles. The normalized spacial score (nSPS) is 11.5. The van der Waals surface area contributed by atoms with E-state index >= 15 is 0 Å². The SMILES string of the molecule is c1ccc(-c2c(-c3ccccc3)c3cc(-c4cccc(N(c5ccc(-c6cccc7ccccc67)cc5)c5cc6ccccc6c6ccccc56)c4)ccc3c3ccccc23)cc1. The molecule has 0 bridgehead atoms. The molecule has 0 unspecified atom stereocenters. The van der Waals surface area contributed by atoms with Gasteiger partial charge in [0, 0.05) is 16.8 Å². The zero-order chi connectivity index (χ0) is 41.7. The number of rotatable bonds is 7. The summed E-state index contributed by atoms with van der Waals surface area (Å²) in [6.45, 7) is 0. The fourth-order valence-electron chi connectivity index (χ4n) is 9.92. The van der Waals surface area contributed by atoms with Crippen molar-refractivity contribution in [1.82, 2.24) is 0 Å². The number of nitrogens with zero attached hydrogens (tertiary/aromatic N) is 1. The van der Waals surface area contributed by atoms with Gasteiger partial charge in [0.25, 0.3) is 0 Å². The fraction of sp³-hybridized carbons (Fsp3) is 0. The average Bonchev–Trinajstić information content (AvgIpc) is 3.36. The molecular weight excluding hydrogens is 759 g/mol. The molecule has 1 heteroatoms. The van der Waals surface area contributed by atoms with Gasteiger partial charge in [-0.1, -0.05) is 212 Å². The predicted octanol–water partition coefficient (Wildman–Crippen LogP) is 17.6. The van der Waals surface area contributed by atoms with Gasteiger partial charge in [-0.05, 0) is 129 Å². The first-order valence-electron chi connectivity index (χ1n) is 21.8. The Morgan fingerprint density at radius 3 is 1.44 bits per heavy atom. The van der Waals surface area contributed by atoms with Crippen LogP contribution in [0.3, 0.4) is 0 Å². The van der Waals surface area contributed by atoms with Crippen LogP contribution in [0.1, 0.15) is 0 Å². The molecule has 0 heterocycles. The van der Waals surface area contributed by atoms with Gasteiger partial charge in [0.2, 0.25) is 0 Å². The lowest BCUT2D eigenvalue weighted by molar-refractivity contribution is 1.30. The lowest BCUT2D eigenvalue weighted by Crippen LogP contribution is -2.10. The molecule has 12 aromatic carbocycles. The molecular formula is C62H41N. The third kappa shape index (κ3) is 6.33. The number of anilines is 3. The zero-order valence-electron chi connectivity index (χ0n) is 34.6. The topological polar surface area (TPSA) is 3.24 Å². The smallest absolute Gasteiger partial charge is 0.0546 e. The maximum Gasteiger partial charge on any atom is 0.0546 e. The first kappa shape index (κ1) is 36.6. The summed E-state index contributed by atoms with van der Waals surface area (Å²) < 4.78 is 0. The zero-order valence-corrected chi connectivity index (χ0v) is 34.6. The largest absolute Gasteiger partial charge is 0.310 e. The van der Waals surface area contributed by atoms with E-state index in [0.717, 1.165) is 22.6 Å². The van der Waals surface area contributed by atoms with Crippen LogP contribution in [0.25, 0.3) is 98.4 Å². The number of fused-ring (bicyclic) bond motifs is 7. The third-order valence-electron chi connectivity index (χ3n) is 12.8. The lowest BCUT2D eigenvalue weighted by Gasteiger charge is -2.28. The van der Waals surface area contributed by atoms with Gasteiger partial charge in [-0.25, -0.2) is 0 Å². The molecule has 63 heavy (non-hydrogen) atoms. The highest BCUT2D eigenvalue weighted by atomic mass is 15.1. The molecule has 0 fully saturated rings. The quantitative estimate of drug-likeness (QED) is 0.145. The van der Waals surface area contributed by atoms with Crippen LogP contribution in [0.15, 0.2) is 249 Å². The molecule has 0 aromatic heterocycles. The van der Waals surface area contributed by atoms with E-state index in [1.165, 1.54) is 92.8 Å². The first-order chi connectivity index (χ1) is 31.3. The molecule has 0 saturated heterocycles. The van der Waals surface area contributed by atoms with Crippen LogP contribution in [-0.4, -0.2) is 0 Å². The van der Waals surface area contributed by atoms with Gasteiger partial charge in [-0.15, -0.1) is 0 Å². The highest BCUT2D eigenvalue weighted by Gasteiger charge is 2.21. The van der Waals surface area contributed by atoms with E-state index in [1.54, 1.807) is 0 Å². The lowest BCUT2D eigenvalue weighted by atomic mass is 9.84. The monoisotopic (exact) mass is 799 g/mol. The van der Waals surface area contributed by atoms with Crippen molar-refractivity contribution in [3.05, 3.63) is 249 Å². The molecule has 0 spiro atoms. The minimum Gasteiger partial charge on any atom is -0.310 e. The summed E-state index contributed by atoms with van der Waals surface area (Å²) in [5.41, 5.74) is 13.0. The van der Waals surface area contributed by atoms with E-state index in [-0.39, 0.29) is 0 Å². The van der Waals surface area contributed by atoms with E-state index < -0.39 is 0 Å². The molecule has 294 valence electrons. The molecule has 0 atom stereocenters. The molecule has 1 nitrogen and oxygen atoms in total.